The first kappa shape index (κ1) is 12.1. The van der Waals surface area contributed by atoms with Gasteiger partial charge in [-0.25, -0.2) is 0 Å². The third-order valence-electron chi connectivity index (χ3n) is 2.49. The SMILES string of the molecule is C=CCC[C@@H](O)CN1CCCSCC1. The van der Waals surface area contributed by atoms with E-state index >= 15 is 0 Å². The van der Waals surface area contributed by atoms with Crippen LogP contribution in [0, 0.1) is 0 Å². The summed E-state index contributed by atoms with van der Waals surface area (Å²) in [6, 6.07) is 0. The Kier molecular flexibility index (Phi) is 6.32. The van der Waals surface area contributed by atoms with Crippen LogP contribution in [0.5, 0.6) is 0 Å². The lowest BCUT2D eigenvalue weighted by atomic mass is 10.2. The fraction of sp³-hybridized carbons (Fsp3) is 0.818. The van der Waals surface area contributed by atoms with E-state index in [9.17, 15) is 5.11 Å². The summed E-state index contributed by atoms with van der Waals surface area (Å²) in [6.07, 6.45) is 4.74. The second-order valence-corrected chi connectivity index (χ2v) is 5.01. The zero-order valence-electron chi connectivity index (χ0n) is 8.82. The van der Waals surface area contributed by atoms with Crippen LogP contribution in [0.2, 0.25) is 0 Å². The highest BCUT2D eigenvalue weighted by Crippen LogP contribution is 2.11. The van der Waals surface area contributed by atoms with Crippen LogP contribution < -0.4 is 0 Å². The topological polar surface area (TPSA) is 23.5 Å². The van der Waals surface area contributed by atoms with Gasteiger partial charge in [0, 0.05) is 18.8 Å². The largest absolute Gasteiger partial charge is 0.392 e. The Morgan fingerprint density at radius 3 is 3.07 bits per heavy atom. The number of nitrogens with zero attached hydrogens (tertiary/aromatic N) is 1. The predicted octanol–water partition coefficient (Wildman–Crippen LogP) is 1.75. The van der Waals surface area contributed by atoms with Gasteiger partial charge in [0.25, 0.3) is 0 Å². The van der Waals surface area contributed by atoms with Gasteiger partial charge in [-0.05, 0) is 31.6 Å². The van der Waals surface area contributed by atoms with Gasteiger partial charge in [-0.3, -0.25) is 4.90 Å². The van der Waals surface area contributed by atoms with Crippen molar-refractivity contribution in [3.63, 3.8) is 0 Å². The van der Waals surface area contributed by atoms with Crippen LogP contribution in [0.3, 0.4) is 0 Å². The van der Waals surface area contributed by atoms with Gasteiger partial charge in [-0.2, -0.15) is 11.8 Å². The van der Waals surface area contributed by atoms with Crippen LogP contribution in [0.1, 0.15) is 19.3 Å². The first-order valence-corrected chi connectivity index (χ1v) is 6.57. The molecule has 1 aliphatic rings. The lowest BCUT2D eigenvalue weighted by Crippen LogP contribution is -2.34. The number of thioether (sulfide) groups is 1. The van der Waals surface area contributed by atoms with Crippen LogP contribution in [0.4, 0.5) is 0 Å². The smallest absolute Gasteiger partial charge is 0.0670 e. The zero-order valence-corrected chi connectivity index (χ0v) is 9.64. The van der Waals surface area contributed by atoms with Gasteiger partial charge in [0.05, 0.1) is 6.10 Å². The first-order valence-electron chi connectivity index (χ1n) is 5.42. The number of aliphatic hydroxyl groups is 1. The maximum atomic E-state index is 9.73. The summed E-state index contributed by atoms with van der Waals surface area (Å²) in [5.74, 6) is 2.49. The van der Waals surface area contributed by atoms with Gasteiger partial charge in [0.15, 0.2) is 0 Å². The Hall–Kier alpha value is 0.0100. The minimum Gasteiger partial charge on any atom is -0.392 e. The molecule has 1 fully saturated rings. The molecule has 2 nitrogen and oxygen atoms in total. The van der Waals surface area contributed by atoms with Gasteiger partial charge in [-0.15, -0.1) is 6.58 Å². The maximum Gasteiger partial charge on any atom is 0.0670 e. The number of β-amino-alcohol motifs (C(OH)–C–C–N with tert-alkyl or cyclic N) is 1. The Morgan fingerprint density at radius 2 is 2.29 bits per heavy atom. The molecule has 1 rings (SSSR count). The van der Waals surface area contributed by atoms with Crippen LogP contribution in [-0.2, 0) is 0 Å². The zero-order chi connectivity index (χ0) is 10.2. The molecule has 1 N–H and O–H groups in total. The molecule has 82 valence electrons. The minimum atomic E-state index is -0.170. The van der Waals surface area contributed by atoms with Gasteiger partial charge < -0.3 is 5.11 Å². The number of hydrogen-bond acceptors (Lipinski definition) is 3. The molecule has 0 unspecified atom stereocenters. The molecule has 0 aromatic rings. The number of aliphatic hydroxyl groups excluding tert-OH is 1. The van der Waals surface area contributed by atoms with Crippen LogP contribution in [-0.4, -0.2) is 47.3 Å². The lowest BCUT2D eigenvalue weighted by molar-refractivity contribution is 0.110. The average molecular weight is 215 g/mol. The molecule has 3 heteroatoms. The van der Waals surface area contributed by atoms with Gasteiger partial charge in [0.2, 0.25) is 0 Å². The maximum absolute atomic E-state index is 9.73. The summed E-state index contributed by atoms with van der Waals surface area (Å²) in [7, 11) is 0. The van der Waals surface area contributed by atoms with E-state index in [0.29, 0.717) is 0 Å². The van der Waals surface area contributed by atoms with Crippen molar-refractivity contribution in [3.05, 3.63) is 12.7 Å². The van der Waals surface area contributed by atoms with Crippen molar-refractivity contribution in [1.82, 2.24) is 4.90 Å². The second kappa shape index (κ2) is 7.32. The van der Waals surface area contributed by atoms with Crippen molar-refractivity contribution >= 4 is 11.8 Å². The van der Waals surface area contributed by atoms with E-state index in [-0.39, 0.29) is 6.10 Å². The summed E-state index contributed by atoms with van der Waals surface area (Å²) >= 11 is 2.02. The van der Waals surface area contributed by atoms with E-state index in [2.05, 4.69) is 11.5 Å². The molecule has 0 bridgehead atoms. The molecule has 1 atom stereocenters. The molecule has 0 spiro atoms. The Morgan fingerprint density at radius 1 is 1.43 bits per heavy atom. The van der Waals surface area contributed by atoms with Crippen LogP contribution in [0.15, 0.2) is 12.7 Å². The minimum absolute atomic E-state index is 0.170. The van der Waals surface area contributed by atoms with Crippen molar-refractivity contribution in [2.24, 2.45) is 0 Å². The third-order valence-corrected chi connectivity index (χ3v) is 3.54. The number of hydrogen-bond donors (Lipinski definition) is 1. The molecule has 0 radical (unpaired) electrons. The molecule has 0 saturated carbocycles. The fourth-order valence-electron chi connectivity index (χ4n) is 1.68. The molecular weight excluding hydrogens is 194 g/mol. The van der Waals surface area contributed by atoms with E-state index in [4.69, 9.17) is 0 Å². The quantitative estimate of drug-likeness (QED) is 0.707. The molecule has 0 amide bonds. The highest BCUT2D eigenvalue weighted by Gasteiger charge is 2.12. The highest BCUT2D eigenvalue weighted by molar-refractivity contribution is 7.99. The highest BCUT2D eigenvalue weighted by atomic mass is 32.2. The number of rotatable bonds is 5. The average Bonchev–Trinajstić information content (AvgIpc) is 2.43. The molecule has 1 aliphatic heterocycles. The van der Waals surface area contributed by atoms with E-state index in [1.807, 2.05) is 17.8 Å². The summed E-state index contributed by atoms with van der Waals surface area (Å²) in [5, 5.41) is 9.73. The van der Waals surface area contributed by atoms with Gasteiger partial charge in [-0.1, -0.05) is 6.08 Å². The molecule has 0 aliphatic carbocycles. The first-order chi connectivity index (χ1) is 6.83. The van der Waals surface area contributed by atoms with Crippen molar-refractivity contribution < 1.29 is 5.11 Å². The van der Waals surface area contributed by atoms with Gasteiger partial charge >= 0.3 is 0 Å². The molecule has 1 heterocycles. The monoisotopic (exact) mass is 215 g/mol. The summed E-state index contributed by atoms with van der Waals surface area (Å²) < 4.78 is 0. The van der Waals surface area contributed by atoms with E-state index in [0.717, 1.165) is 32.5 Å². The lowest BCUT2D eigenvalue weighted by Gasteiger charge is -2.22. The molecule has 0 aromatic carbocycles. The summed E-state index contributed by atoms with van der Waals surface area (Å²) in [6.45, 7) is 6.79. The summed E-state index contributed by atoms with van der Waals surface area (Å²) in [4.78, 5) is 2.38. The molecule has 0 aromatic heterocycles. The fourth-order valence-corrected chi connectivity index (χ4v) is 2.60. The van der Waals surface area contributed by atoms with Crippen molar-refractivity contribution in [3.8, 4) is 0 Å². The molecule has 1 saturated heterocycles. The standard InChI is InChI=1S/C11H21NOS/c1-2-3-5-11(13)10-12-6-4-8-14-9-7-12/h2,11,13H,1,3-10H2/t11-/m1/s1. The number of allylic oxidation sites excluding steroid dienone is 1. The Balaban J connectivity index is 2.16. The predicted molar refractivity (Wildman–Crippen MR) is 63.8 cm³/mol. The van der Waals surface area contributed by atoms with Crippen LogP contribution in [0.25, 0.3) is 0 Å². The van der Waals surface area contributed by atoms with Crippen LogP contribution >= 0.6 is 11.8 Å². The molecule has 14 heavy (non-hydrogen) atoms. The van der Waals surface area contributed by atoms with E-state index in [1.165, 1.54) is 17.9 Å². The second-order valence-electron chi connectivity index (χ2n) is 3.79. The third kappa shape index (κ3) is 5.03. The van der Waals surface area contributed by atoms with E-state index in [1.54, 1.807) is 0 Å². The van der Waals surface area contributed by atoms with E-state index < -0.39 is 0 Å². The Labute approximate surface area is 91.4 Å². The summed E-state index contributed by atoms with van der Waals surface area (Å²) in [5.41, 5.74) is 0. The van der Waals surface area contributed by atoms with Crippen molar-refractivity contribution in [2.75, 3.05) is 31.1 Å². The normalized spacial score (nSPS) is 21.5. The van der Waals surface area contributed by atoms with Gasteiger partial charge in [0.1, 0.15) is 0 Å². The Bertz CT molecular complexity index is 155. The molecular formula is C11H21NOS. The van der Waals surface area contributed by atoms with Crippen molar-refractivity contribution in [2.45, 2.75) is 25.4 Å². The van der Waals surface area contributed by atoms with Crippen molar-refractivity contribution in [1.29, 1.82) is 0 Å².